The monoisotopic (exact) mass is 402 g/mol. The van der Waals surface area contributed by atoms with E-state index >= 15 is 0 Å². The average Bonchev–Trinajstić information content (AvgIpc) is 2.71. The number of benzene rings is 2. The summed E-state index contributed by atoms with van der Waals surface area (Å²) >= 11 is 0. The first kappa shape index (κ1) is 20.4. The number of anilines is 1. The zero-order valence-corrected chi connectivity index (χ0v) is 17.3. The molecule has 0 aromatic heterocycles. The van der Waals surface area contributed by atoms with E-state index in [4.69, 9.17) is 4.74 Å². The molecule has 2 aromatic rings. The van der Waals surface area contributed by atoms with Crippen LogP contribution in [-0.2, 0) is 14.8 Å². The molecule has 1 heterocycles. The van der Waals surface area contributed by atoms with Crippen LogP contribution in [0.1, 0.15) is 24.0 Å². The van der Waals surface area contributed by atoms with Gasteiger partial charge in [0, 0.05) is 18.8 Å². The Morgan fingerprint density at radius 3 is 2.54 bits per heavy atom. The summed E-state index contributed by atoms with van der Waals surface area (Å²) in [5.74, 6) is 0.0911. The number of aryl methyl sites for hydroxylation is 2. The molecule has 1 N–H and O–H groups in total. The maximum absolute atomic E-state index is 13.0. The van der Waals surface area contributed by atoms with Crippen LogP contribution < -0.4 is 10.1 Å². The van der Waals surface area contributed by atoms with Crippen LogP contribution in [0.15, 0.2) is 47.4 Å². The van der Waals surface area contributed by atoms with E-state index in [9.17, 15) is 13.2 Å². The van der Waals surface area contributed by atoms with Crippen molar-refractivity contribution in [2.75, 3.05) is 25.5 Å². The van der Waals surface area contributed by atoms with Crippen molar-refractivity contribution < 1.29 is 17.9 Å². The minimum Gasteiger partial charge on any atom is -0.497 e. The Kier molecular flexibility index (Phi) is 6.05. The van der Waals surface area contributed by atoms with Crippen molar-refractivity contribution >= 4 is 21.6 Å². The largest absolute Gasteiger partial charge is 0.497 e. The van der Waals surface area contributed by atoms with E-state index in [2.05, 4.69) is 5.32 Å². The molecule has 6 nitrogen and oxygen atoms in total. The summed E-state index contributed by atoms with van der Waals surface area (Å²) in [5, 5.41) is 2.97. The molecular formula is C21H26N2O4S. The van der Waals surface area contributed by atoms with E-state index in [-0.39, 0.29) is 23.3 Å². The Hall–Kier alpha value is -2.38. The fourth-order valence-electron chi connectivity index (χ4n) is 3.38. The molecule has 7 heteroatoms. The van der Waals surface area contributed by atoms with Gasteiger partial charge in [-0.1, -0.05) is 12.1 Å². The highest BCUT2D eigenvalue weighted by Gasteiger charge is 2.33. The number of amides is 1. The average molecular weight is 403 g/mol. The molecule has 3 rings (SSSR count). The summed E-state index contributed by atoms with van der Waals surface area (Å²) in [6, 6.07) is 12.2. The number of ether oxygens (including phenoxy) is 1. The Bertz CT molecular complexity index is 955. The molecule has 0 bridgehead atoms. The number of carbonyl (C=O) groups excluding carboxylic acids is 1. The topological polar surface area (TPSA) is 75.7 Å². The molecule has 0 radical (unpaired) electrons. The number of sulfonamides is 1. The van der Waals surface area contributed by atoms with Gasteiger partial charge in [-0.15, -0.1) is 0 Å². The van der Waals surface area contributed by atoms with Crippen molar-refractivity contribution in [3.63, 3.8) is 0 Å². The maximum Gasteiger partial charge on any atom is 0.243 e. The van der Waals surface area contributed by atoms with Crippen LogP contribution in [0.25, 0.3) is 0 Å². The van der Waals surface area contributed by atoms with Gasteiger partial charge in [0.2, 0.25) is 15.9 Å². The van der Waals surface area contributed by atoms with E-state index in [1.54, 1.807) is 12.1 Å². The lowest BCUT2D eigenvalue weighted by Gasteiger charge is -2.31. The first-order valence-electron chi connectivity index (χ1n) is 9.33. The Morgan fingerprint density at radius 1 is 1.14 bits per heavy atom. The highest BCUT2D eigenvalue weighted by Crippen LogP contribution is 2.26. The molecule has 28 heavy (non-hydrogen) atoms. The maximum atomic E-state index is 13.0. The summed E-state index contributed by atoms with van der Waals surface area (Å²) < 4.78 is 32.4. The molecule has 0 unspecified atom stereocenters. The number of hydrogen-bond donors (Lipinski definition) is 1. The lowest BCUT2D eigenvalue weighted by Crippen LogP contribution is -2.43. The van der Waals surface area contributed by atoms with Gasteiger partial charge in [0.25, 0.3) is 0 Å². The summed E-state index contributed by atoms with van der Waals surface area (Å²) in [7, 11) is -2.11. The van der Waals surface area contributed by atoms with E-state index in [0.717, 1.165) is 16.8 Å². The van der Waals surface area contributed by atoms with Gasteiger partial charge in [-0.3, -0.25) is 4.79 Å². The van der Waals surface area contributed by atoms with Gasteiger partial charge in [-0.2, -0.15) is 4.31 Å². The molecule has 1 saturated heterocycles. The number of nitrogens with zero attached hydrogens (tertiary/aromatic N) is 1. The third-order valence-corrected chi connectivity index (χ3v) is 6.98. The molecule has 1 fully saturated rings. The number of piperidine rings is 1. The van der Waals surface area contributed by atoms with Gasteiger partial charge in [-0.25, -0.2) is 8.42 Å². The normalized spacial score (nSPS) is 17.9. The smallest absolute Gasteiger partial charge is 0.243 e. The van der Waals surface area contributed by atoms with E-state index in [1.807, 2.05) is 32.0 Å². The van der Waals surface area contributed by atoms with Gasteiger partial charge < -0.3 is 10.1 Å². The van der Waals surface area contributed by atoms with Crippen LogP contribution in [0, 0.1) is 19.8 Å². The number of hydrogen-bond acceptors (Lipinski definition) is 4. The zero-order valence-electron chi connectivity index (χ0n) is 16.4. The van der Waals surface area contributed by atoms with Crippen molar-refractivity contribution in [2.24, 2.45) is 5.92 Å². The number of carbonyl (C=O) groups is 1. The van der Waals surface area contributed by atoms with E-state index in [0.29, 0.717) is 25.1 Å². The van der Waals surface area contributed by atoms with E-state index < -0.39 is 10.0 Å². The molecule has 0 saturated carbocycles. The van der Waals surface area contributed by atoms with Gasteiger partial charge in [0.05, 0.1) is 17.9 Å². The first-order valence-corrected chi connectivity index (χ1v) is 10.8. The Labute approximate surface area is 166 Å². The minimum absolute atomic E-state index is 0.136. The zero-order chi connectivity index (χ0) is 20.3. The van der Waals surface area contributed by atoms with Gasteiger partial charge in [0.1, 0.15) is 5.75 Å². The summed E-state index contributed by atoms with van der Waals surface area (Å²) in [4.78, 5) is 13.0. The highest BCUT2D eigenvalue weighted by molar-refractivity contribution is 7.89. The fourth-order valence-corrected chi connectivity index (χ4v) is 4.90. The van der Waals surface area contributed by atoms with Crippen LogP contribution >= 0.6 is 0 Å². The van der Waals surface area contributed by atoms with Crippen LogP contribution in [0.2, 0.25) is 0 Å². The van der Waals surface area contributed by atoms with Crippen molar-refractivity contribution in [1.82, 2.24) is 4.31 Å². The molecule has 0 spiro atoms. The fraction of sp³-hybridized carbons (Fsp3) is 0.381. The predicted molar refractivity (Wildman–Crippen MR) is 109 cm³/mol. The van der Waals surface area contributed by atoms with Crippen LogP contribution in [0.3, 0.4) is 0 Å². The van der Waals surface area contributed by atoms with Crippen molar-refractivity contribution in [2.45, 2.75) is 31.6 Å². The van der Waals surface area contributed by atoms with Crippen molar-refractivity contribution in [3.05, 3.63) is 53.6 Å². The molecule has 1 aliphatic rings. The summed E-state index contributed by atoms with van der Waals surface area (Å²) in [5.41, 5.74) is 2.82. The number of methoxy groups -OCH3 is 1. The lowest BCUT2D eigenvalue weighted by molar-refractivity contribution is -0.120. The molecule has 2 aromatic carbocycles. The molecule has 1 aliphatic heterocycles. The van der Waals surface area contributed by atoms with Crippen LogP contribution in [0.5, 0.6) is 5.75 Å². The summed E-state index contributed by atoms with van der Waals surface area (Å²) in [6.45, 7) is 4.52. The molecule has 1 amide bonds. The number of rotatable bonds is 5. The second kappa shape index (κ2) is 8.32. The Morgan fingerprint density at radius 2 is 1.86 bits per heavy atom. The SMILES string of the molecule is COc1ccc(S(=O)(=O)N2CCC[C@@H](C(=O)Nc3cc(C)ccc3C)C2)cc1. The molecule has 0 aliphatic carbocycles. The Balaban J connectivity index is 1.73. The van der Waals surface area contributed by atoms with Gasteiger partial charge >= 0.3 is 0 Å². The summed E-state index contributed by atoms with van der Waals surface area (Å²) in [6.07, 6.45) is 1.33. The second-order valence-corrected chi connectivity index (χ2v) is 9.12. The molecule has 150 valence electrons. The molecule has 1 atom stereocenters. The predicted octanol–water partition coefficient (Wildman–Crippen LogP) is 3.35. The standard InChI is InChI=1S/C21H26N2O4S/c1-15-6-7-16(2)20(13-15)22-21(24)17-5-4-12-23(14-17)28(25,26)19-10-8-18(27-3)9-11-19/h6-11,13,17H,4-5,12,14H2,1-3H3,(H,22,24)/t17-/m1/s1. The van der Waals surface area contributed by atoms with Crippen molar-refractivity contribution in [3.8, 4) is 5.75 Å². The van der Waals surface area contributed by atoms with Crippen LogP contribution in [-0.4, -0.2) is 38.8 Å². The second-order valence-electron chi connectivity index (χ2n) is 7.19. The van der Waals surface area contributed by atoms with Crippen molar-refractivity contribution in [1.29, 1.82) is 0 Å². The highest BCUT2D eigenvalue weighted by atomic mass is 32.2. The lowest BCUT2D eigenvalue weighted by atomic mass is 9.98. The first-order chi connectivity index (χ1) is 13.3. The number of nitrogens with one attached hydrogen (secondary N) is 1. The quantitative estimate of drug-likeness (QED) is 0.832. The van der Waals surface area contributed by atoms with Gasteiger partial charge in [0.15, 0.2) is 0 Å². The molecular weight excluding hydrogens is 376 g/mol. The van der Waals surface area contributed by atoms with Crippen LogP contribution in [0.4, 0.5) is 5.69 Å². The third kappa shape index (κ3) is 4.36. The van der Waals surface area contributed by atoms with E-state index in [1.165, 1.54) is 23.5 Å². The third-order valence-electron chi connectivity index (χ3n) is 5.10. The van der Waals surface area contributed by atoms with Gasteiger partial charge in [-0.05, 0) is 68.1 Å². The minimum atomic E-state index is -3.64.